The highest BCUT2D eigenvalue weighted by Gasteiger charge is 2.14. The van der Waals surface area contributed by atoms with Gasteiger partial charge < -0.3 is 9.84 Å². The first-order chi connectivity index (χ1) is 13.7. The van der Waals surface area contributed by atoms with Gasteiger partial charge in [-0.25, -0.2) is 0 Å². The molecule has 0 heterocycles. The molecule has 0 unspecified atom stereocenters. The van der Waals surface area contributed by atoms with Gasteiger partial charge in [-0.1, -0.05) is 54.6 Å². The Morgan fingerprint density at radius 1 is 0.929 bits per heavy atom. The number of aliphatic carboxylic acids is 1. The fraction of sp³-hybridized carbons (Fsp3) is 0.240. The van der Waals surface area contributed by atoms with E-state index < -0.39 is 5.97 Å². The van der Waals surface area contributed by atoms with E-state index >= 15 is 0 Å². The normalized spacial score (nSPS) is 12.1. The Morgan fingerprint density at radius 3 is 2.43 bits per heavy atom. The third kappa shape index (κ3) is 4.25. The molecule has 1 aliphatic rings. The minimum absolute atomic E-state index is 0.206. The van der Waals surface area contributed by atoms with Gasteiger partial charge in [0, 0.05) is 6.42 Å². The van der Waals surface area contributed by atoms with Crippen LogP contribution in [0.4, 0.5) is 0 Å². The van der Waals surface area contributed by atoms with Gasteiger partial charge in [0.25, 0.3) is 0 Å². The molecule has 0 spiro atoms. The molecule has 3 aromatic rings. The molecule has 28 heavy (non-hydrogen) atoms. The monoisotopic (exact) mass is 372 g/mol. The summed E-state index contributed by atoms with van der Waals surface area (Å²) in [4.78, 5) is 10.6. The Morgan fingerprint density at radius 2 is 1.71 bits per heavy atom. The molecule has 0 fully saturated rings. The summed E-state index contributed by atoms with van der Waals surface area (Å²) in [6.45, 7) is 0.519. The lowest BCUT2D eigenvalue weighted by atomic mass is 9.85. The fourth-order valence-electron chi connectivity index (χ4n) is 3.65. The van der Waals surface area contributed by atoms with Crippen LogP contribution in [0.2, 0.25) is 0 Å². The quantitative estimate of drug-likeness (QED) is 0.573. The average Bonchev–Trinajstić information content (AvgIpc) is 2.68. The van der Waals surface area contributed by atoms with Crippen molar-refractivity contribution in [1.82, 2.24) is 0 Å². The van der Waals surface area contributed by atoms with E-state index in [1.807, 2.05) is 24.3 Å². The fourth-order valence-corrected chi connectivity index (χ4v) is 3.65. The van der Waals surface area contributed by atoms with Crippen LogP contribution in [0.5, 0.6) is 5.75 Å². The third-order valence-electron chi connectivity index (χ3n) is 5.37. The van der Waals surface area contributed by atoms with Crippen molar-refractivity contribution >= 4 is 5.97 Å². The highest BCUT2D eigenvalue weighted by atomic mass is 16.5. The van der Waals surface area contributed by atoms with Gasteiger partial charge in [-0.3, -0.25) is 4.79 Å². The van der Waals surface area contributed by atoms with E-state index in [9.17, 15) is 4.79 Å². The molecule has 1 N–H and O–H groups in total. The van der Waals surface area contributed by atoms with Gasteiger partial charge in [0.15, 0.2) is 0 Å². The third-order valence-corrected chi connectivity index (χ3v) is 5.37. The molecule has 3 heteroatoms. The number of carboxylic acids is 1. The van der Waals surface area contributed by atoms with Crippen molar-refractivity contribution in [3.63, 3.8) is 0 Å². The Kier molecular flexibility index (Phi) is 5.43. The molecule has 0 saturated carbocycles. The van der Waals surface area contributed by atoms with Crippen molar-refractivity contribution in [2.75, 3.05) is 0 Å². The van der Waals surface area contributed by atoms with E-state index in [2.05, 4.69) is 42.5 Å². The molecule has 3 nitrogen and oxygen atoms in total. The molecule has 4 rings (SSSR count). The second-order valence-electron chi connectivity index (χ2n) is 7.32. The van der Waals surface area contributed by atoms with Crippen LogP contribution in [0.1, 0.15) is 35.1 Å². The van der Waals surface area contributed by atoms with Gasteiger partial charge in [0.1, 0.15) is 12.4 Å². The summed E-state index contributed by atoms with van der Waals surface area (Å²) in [6, 6.07) is 23.1. The molecule has 0 aliphatic heterocycles. The van der Waals surface area contributed by atoms with Crippen molar-refractivity contribution < 1.29 is 14.6 Å². The second kappa shape index (κ2) is 8.30. The number of carboxylic acid groups (broad SMARTS) is 1. The van der Waals surface area contributed by atoms with Gasteiger partial charge in [-0.15, -0.1) is 0 Å². The lowest BCUT2D eigenvalue weighted by molar-refractivity contribution is -0.137. The Bertz CT molecular complexity index is 973. The van der Waals surface area contributed by atoms with Gasteiger partial charge >= 0.3 is 5.97 Å². The first kappa shape index (κ1) is 18.3. The summed E-state index contributed by atoms with van der Waals surface area (Å²) in [5.74, 6) is 0.0836. The molecular formula is C25H24O3. The molecule has 0 saturated heterocycles. The molecular weight excluding hydrogens is 348 g/mol. The first-order valence-corrected chi connectivity index (χ1v) is 9.83. The Balaban J connectivity index is 1.41. The second-order valence-corrected chi connectivity index (χ2v) is 7.32. The predicted molar refractivity (Wildman–Crippen MR) is 111 cm³/mol. The van der Waals surface area contributed by atoms with Gasteiger partial charge in [0.2, 0.25) is 0 Å². The number of aryl methyl sites for hydroxylation is 3. The average molecular weight is 372 g/mol. The first-order valence-electron chi connectivity index (χ1n) is 9.83. The Labute approximate surface area is 165 Å². The number of rotatable bonds is 8. The van der Waals surface area contributed by atoms with Crippen LogP contribution < -0.4 is 4.74 Å². The smallest absolute Gasteiger partial charge is 0.303 e. The van der Waals surface area contributed by atoms with Crippen LogP contribution in [-0.2, 0) is 30.7 Å². The van der Waals surface area contributed by atoms with Crippen molar-refractivity contribution in [2.45, 2.75) is 38.7 Å². The van der Waals surface area contributed by atoms with Crippen molar-refractivity contribution in [2.24, 2.45) is 0 Å². The minimum atomic E-state index is -0.744. The van der Waals surface area contributed by atoms with Crippen LogP contribution in [0, 0.1) is 0 Å². The van der Waals surface area contributed by atoms with Gasteiger partial charge in [-0.05, 0) is 71.2 Å². The minimum Gasteiger partial charge on any atom is -0.489 e. The van der Waals surface area contributed by atoms with E-state index in [0.717, 1.165) is 17.7 Å². The lowest BCUT2D eigenvalue weighted by Crippen LogP contribution is -2.07. The molecule has 0 radical (unpaired) electrons. The summed E-state index contributed by atoms with van der Waals surface area (Å²) in [7, 11) is 0. The summed E-state index contributed by atoms with van der Waals surface area (Å²) >= 11 is 0. The van der Waals surface area contributed by atoms with Crippen LogP contribution in [0.15, 0.2) is 66.7 Å². The van der Waals surface area contributed by atoms with Crippen LogP contribution in [-0.4, -0.2) is 11.1 Å². The van der Waals surface area contributed by atoms with Crippen LogP contribution >= 0.6 is 0 Å². The number of hydrogen-bond acceptors (Lipinski definition) is 2. The van der Waals surface area contributed by atoms with E-state index in [4.69, 9.17) is 9.84 Å². The number of hydrogen-bond donors (Lipinski definition) is 1. The van der Waals surface area contributed by atoms with Crippen molar-refractivity contribution in [1.29, 1.82) is 0 Å². The topological polar surface area (TPSA) is 46.5 Å². The summed E-state index contributed by atoms with van der Waals surface area (Å²) in [5, 5.41) is 8.73. The molecule has 0 aromatic heterocycles. The molecule has 0 atom stereocenters. The number of benzene rings is 3. The standard InChI is InChI=1S/C25H24O3/c26-25(27)7-3-4-18-8-14-23(15-9-18)28-17-22-5-1-2-6-24(22)21-13-11-19-10-12-20(19)16-21/h1-2,5-6,8-9,11,13-16H,3-4,7,10,12,17H2,(H,26,27). The molecule has 0 bridgehead atoms. The Hall–Kier alpha value is -3.07. The predicted octanol–water partition coefficient (Wildman–Crippen LogP) is 5.44. The van der Waals surface area contributed by atoms with Gasteiger partial charge in [-0.2, -0.15) is 0 Å². The summed E-state index contributed by atoms with van der Waals surface area (Å²) in [6.07, 6.45) is 4.02. The molecule has 1 aliphatic carbocycles. The number of carbonyl (C=O) groups is 1. The van der Waals surface area contributed by atoms with Gasteiger partial charge in [0.05, 0.1) is 0 Å². The van der Waals surface area contributed by atoms with Crippen LogP contribution in [0.3, 0.4) is 0 Å². The SMILES string of the molecule is O=C(O)CCCc1ccc(OCc2ccccc2-c2ccc3c(c2)CC3)cc1. The van der Waals surface area contributed by atoms with Crippen molar-refractivity contribution in [3.05, 3.63) is 89.0 Å². The zero-order valence-corrected chi connectivity index (χ0v) is 15.9. The van der Waals surface area contributed by atoms with Crippen LogP contribution in [0.25, 0.3) is 11.1 Å². The zero-order chi connectivity index (χ0) is 19.3. The van der Waals surface area contributed by atoms with E-state index in [0.29, 0.717) is 13.0 Å². The molecule has 3 aromatic carbocycles. The number of fused-ring (bicyclic) bond motifs is 1. The largest absolute Gasteiger partial charge is 0.489 e. The van der Waals surface area contributed by atoms with E-state index in [-0.39, 0.29) is 6.42 Å². The van der Waals surface area contributed by atoms with Crippen molar-refractivity contribution in [3.8, 4) is 16.9 Å². The summed E-state index contributed by atoms with van der Waals surface area (Å²) < 4.78 is 6.03. The highest BCUT2D eigenvalue weighted by molar-refractivity contribution is 5.69. The highest BCUT2D eigenvalue weighted by Crippen LogP contribution is 2.31. The maximum absolute atomic E-state index is 10.6. The maximum atomic E-state index is 10.6. The molecule has 0 amide bonds. The number of ether oxygens (including phenoxy) is 1. The maximum Gasteiger partial charge on any atom is 0.303 e. The van der Waals surface area contributed by atoms with E-state index in [1.165, 1.54) is 40.7 Å². The zero-order valence-electron chi connectivity index (χ0n) is 15.9. The van der Waals surface area contributed by atoms with E-state index in [1.54, 1.807) is 0 Å². The molecule has 142 valence electrons. The summed E-state index contributed by atoms with van der Waals surface area (Å²) in [5.41, 5.74) is 7.73. The lowest BCUT2D eigenvalue weighted by Gasteiger charge is -2.20.